The number of carbonyl (C=O) groups is 2. The van der Waals surface area contributed by atoms with Crippen LogP contribution in [0.3, 0.4) is 0 Å². The maximum absolute atomic E-state index is 12.2. The quantitative estimate of drug-likeness (QED) is 0.904. The van der Waals surface area contributed by atoms with E-state index in [4.69, 9.17) is 0 Å². The molecule has 2 aromatic carbocycles. The topological polar surface area (TPSA) is 46.2 Å². The second kappa shape index (κ2) is 5.13. The average Bonchev–Trinajstić information content (AvgIpc) is 2.49. The number of ketones is 1. The van der Waals surface area contributed by atoms with Crippen LogP contribution < -0.4 is 5.32 Å². The van der Waals surface area contributed by atoms with Crippen molar-refractivity contribution in [3.8, 4) is 0 Å². The monoisotopic (exact) mass is 262 g/mol. The summed E-state index contributed by atoms with van der Waals surface area (Å²) in [7, 11) is 0. The highest BCUT2D eigenvalue weighted by atomic mass is 16.2. The fraction of sp³-hybridized carbons (Fsp3) is 0.0588. The minimum Gasteiger partial charge on any atom is -0.318 e. The number of amides is 1. The standard InChI is InChI=1S/C17H12NO2/c19-16-8-4-3-7-15(16)18-17(20)14-10-9-12-5-1-2-6-13(12)11-14/h1-6,9-11H,8H2,(H,18,20). The Hall–Kier alpha value is -2.68. The van der Waals surface area contributed by atoms with Gasteiger partial charge in [0.25, 0.3) is 5.91 Å². The molecule has 1 amide bonds. The largest absolute Gasteiger partial charge is 0.318 e. The van der Waals surface area contributed by atoms with Gasteiger partial charge in [0.2, 0.25) is 0 Å². The van der Waals surface area contributed by atoms with Crippen LogP contribution in [0, 0.1) is 6.08 Å². The molecule has 3 heteroatoms. The molecule has 0 bridgehead atoms. The Morgan fingerprint density at radius 1 is 1.10 bits per heavy atom. The SMILES string of the molecule is O=C1CC=C[C]=C1NC(=O)c1ccc2ccccc2c1. The third-order valence-corrected chi connectivity index (χ3v) is 3.18. The summed E-state index contributed by atoms with van der Waals surface area (Å²) in [6.45, 7) is 0. The van der Waals surface area contributed by atoms with Crippen molar-refractivity contribution in [3.05, 3.63) is 72.0 Å². The Morgan fingerprint density at radius 3 is 2.70 bits per heavy atom. The van der Waals surface area contributed by atoms with Gasteiger partial charge < -0.3 is 5.32 Å². The Bertz CT molecular complexity index is 756. The first-order valence-electron chi connectivity index (χ1n) is 6.36. The van der Waals surface area contributed by atoms with Gasteiger partial charge in [-0.25, -0.2) is 0 Å². The zero-order valence-electron chi connectivity index (χ0n) is 10.7. The molecule has 20 heavy (non-hydrogen) atoms. The van der Waals surface area contributed by atoms with E-state index < -0.39 is 0 Å². The van der Waals surface area contributed by atoms with Crippen LogP contribution in [0.4, 0.5) is 0 Å². The van der Waals surface area contributed by atoms with Gasteiger partial charge >= 0.3 is 0 Å². The zero-order valence-corrected chi connectivity index (χ0v) is 10.7. The van der Waals surface area contributed by atoms with Crippen LogP contribution in [0.25, 0.3) is 10.8 Å². The molecular formula is C17H12NO2. The number of carbonyl (C=O) groups excluding carboxylic acids is 2. The Balaban J connectivity index is 1.87. The lowest BCUT2D eigenvalue weighted by Gasteiger charge is -2.10. The lowest BCUT2D eigenvalue weighted by Crippen LogP contribution is -2.28. The number of nitrogens with one attached hydrogen (secondary N) is 1. The van der Waals surface area contributed by atoms with Gasteiger partial charge in [-0.1, -0.05) is 42.5 Å². The van der Waals surface area contributed by atoms with Crippen molar-refractivity contribution in [2.24, 2.45) is 0 Å². The molecular weight excluding hydrogens is 250 g/mol. The highest BCUT2D eigenvalue weighted by Gasteiger charge is 2.15. The lowest BCUT2D eigenvalue weighted by molar-refractivity contribution is -0.115. The number of Topliss-reactive ketones (excluding diaryl/α,β-unsaturated/α-hetero) is 1. The van der Waals surface area contributed by atoms with E-state index in [9.17, 15) is 9.59 Å². The number of fused-ring (bicyclic) bond motifs is 1. The van der Waals surface area contributed by atoms with Crippen LogP contribution in [0.2, 0.25) is 0 Å². The molecule has 0 fully saturated rings. The summed E-state index contributed by atoms with van der Waals surface area (Å²) in [4.78, 5) is 23.8. The van der Waals surface area contributed by atoms with Crippen LogP contribution in [-0.2, 0) is 4.79 Å². The van der Waals surface area contributed by atoms with Gasteiger partial charge in [0.15, 0.2) is 5.78 Å². The van der Waals surface area contributed by atoms with Gasteiger partial charge in [-0.15, -0.1) is 0 Å². The number of hydrogen-bond acceptors (Lipinski definition) is 2. The van der Waals surface area contributed by atoms with Crippen LogP contribution in [-0.4, -0.2) is 11.7 Å². The molecule has 1 aliphatic rings. The minimum atomic E-state index is -0.290. The first-order chi connectivity index (χ1) is 9.74. The van der Waals surface area contributed by atoms with Crippen molar-refractivity contribution in [1.29, 1.82) is 0 Å². The molecule has 97 valence electrons. The number of allylic oxidation sites excluding steroid dienone is 4. The van der Waals surface area contributed by atoms with E-state index in [-0.39, 0.29) is 17.4 Å². The van der Waals surface area contributed by atoms with Crippen molar-refractivity contribution in [3.63, 3.8) is 0 Å². The predicted molar refractivity (Wildman–Crippen MR) is 76.9 cm³/mol. The molecule has 0 heterocycles. The molecule has 1 aliphatic carbocycles. The summed E-state index contributed by atoms with van der Waals surface area (Å²) in [6, 6.07) is 13.3. The van der Waals surface area contributed by atoms with Crippen molar-refractivity contribution in [2.75, 3.05) is 0 Å². The van der Waals surface area contributed by atoms with Gasteiger partial charge in [0.1, 0.15) is 0 Å². The summed E-state index contributed by atoms with van der Waals surface area (Å²) >= 11 is 0. The van der Waals surface area contributed by atoms with Crippen molar-refractivity contribution < 1.29 is 9.59 Å². The van der Waals surface area contributed by atoms with E-state index >= 15 is 0 Å². The molecule has 0 saturated heterocycles. The fourth-order valence-corrected chi connectivity index (χ4v) is 2.11. The molecule has 0 unspecified atom stereocenters. The Morgan fingerprint density at radius 2 is 1.90 bits per heavy atom. The molecule has 0 spiro atoms. The van der Waals surface area contributed by atoms with Gasteiger partial charge in [0, 0.05) is 18.1 Å². The summed E-state index contributed by atoms with van der Waals surface area (Å²) in [6.07, 6.45) is 6.43. The highest BCUT2D eigenvalue weighted by Crippen LogP contribution is 2.16. The molecule has 0 aliphatic heterocycles. The van der Waals surface area contributed by atoms with Gasteiger partial charge in [-0.05, 0) is 22.9 Å². The second-order valence-corrected chi connectivity index (χ2v) is 4.57. The smallest absolute Gasteiger partial charge is 0.255 e. The molecule has 0 atom stereocenters. The van der Waals surface area contributed by atoms with E-state index in [2.05, 4.69) is 11.4 Å². The molecule has 0 saturated carbocycles. The van der Waals surface area contributed by atoms with E-state index in [1.54, 1.807) is 18.2 Å². The summed E-state index contributed by atoms with van der Waals surface area (Å²) in [5.74, 6) is -0.413. The third kappa shape index (κ3) is 2.38. The van der Waals surface area contributed by atoms with Crippen LogP contribution >= 0.6 is 0 Å². The van der Waals surface area contributed by atoms with Gasteiger partial charge in [-0.3, -0.25) is 9.59 Å². The van der Waals surface area contributed by atoms with Crippen LogP contribution in [0.1, 0.15) is 16.8 Å². The van der Waals surface area contributed by atoms with Crippen molar-refractivity contribution in [2.45, 2.75) is 6.42 Å². The summed E-state index contributed by atoms with van der Waals surface area (Å²) in [5.41, 5.74) is 0.756. The molecule has 1 N–H and O–H groups in total. The second-order valence-electron chi connectivity index (χ2n) is 4.57. The molecule has 3 rings (SSSR count). The van der Waals surface area contributed by atoms with E-state index in [1.165, 1.54) is 0 Å². The fourth-order valence-electron chi connectivity index (χ4n) is 2.11. The molecule has 1 radical (unpaired) electrons. The van der Waals surface area contributed by atoms with Crippen LogP contribution in [0.15, 0.2) is 60.3 Å². The first-order valence-corrected chi connectivity index (χ1v) is 6.36. The number of benzene rings is 2. The maximum atomic E-state index is 12.2. The lowest BCUT2D eigenvalue weighted by atomic mass is 10.1. The maximum Gasteiger partial charge on any atom is 0.255 e. The zero-order chi connectivity index (χ0) is 13.9. The van der Waals surface area contributed by atoms with Crippen molar-refractivity contribution in [1.82, 2.24) is 5.32 Å². The molecule has 3 nitrogen and oxygen atoms in total. The van der Waals surface area contributed by atoms with Gasteiger partial charge in [0.05, 0.1) is 5.70 Å². The van der Waals surface area contributed by atoms with E-state index in [1.807, 2.05) is 36.4 Å². The number of rotatable bonds is 2. The Kier molecular flexibility index (Phi) is 3.17. The summed E-state index contributed by atoms with van der Waals surface area (Å²) < 4.78 is 0. The van der Waals surface area contributed by atoms with Crippen LogP contribution in [0.5, 0.6) is 0 Å². The Labute approximate surface area is 116 Å². The van der Waals surface area contributed by atoms with E-state index in [0.717, 1.165) is 10.8 Å². The first kappa shape index (κ1) is 12.4. The molecule has 0 aromatic heterocycles. The minimum absolute atomic E-state index is 0.123. The normalized spacial score (nSPS) is 14.2. The average molecular weight is 262 g/mol. The van der Waals surface area contributed by atoms with E-state index in [0.29, 0.717) is 12.0 Å². The number of hydrogen-bond donors (Lipinski definition) is 1. The summed E-state index contributed by atoms with van der Waals surface area (Å²) in [5, 5.41) is 4.68. The predicted octanol–water partition coefficient (Wildman–Crippen LogP) is 2.79. The third-order valence-electron chi connectivity index (χ3n) is 3.18. The van der Waals surface area contributed by atoms with Gasteiger partial charge in [-0.2, -0.15) is 0 Å². The highest BCUT2D eigenvalue weighted by molar-refractivity contribution is 6.05. The van der Waals surface area contributed by atoms with Crippen molar-refractivity contribution >= 4 is 22.5 Å². The molecule has 2 aromatic rings.